The maximum atomic E-state index is 12.6. The summed E-state index contributed by atoms with van der Waals surface area (Å²) in [6, 6.07) is 18.7. The van der Waals surface area contributed by atoms with E-state index in [1.165, 1.54) is 11.3 Å². The predicted molar refractivity (Wildman–Crippen MR) is 119 cm³/mol. The Bertz CT molecular complexity index is 1230. The van der Waals surface area contributed by atoms with Crippen LogP contribution >= 0.6 is 11.3 Å². The number of aryl methyl sites for hydroxylation is 1. The molecule has 2 heterocycles. The van der Waals surface area contributed by atoms with Crippen LogP contribution in [-0.4, -0.2) is 35.7 Å². The van der Waals surface area contributed by atoms with Crippen molar-refractivity contribution >= 4 is 39.1 Å². The topological polar surface area (TPSA) is 79.3 Å². The van der Waals surface area contributed by atoms with Crippen molar-refractivity contribution in [1.29, 1.82) is 0 Å². The molecule has 2 N–H and O–H groups in total. The highest BCUT2D eigenvalue weighted by molar-refractivity contribution is 7.20. The van der Waals surface area contributed by atoms with E-state index in [9.17, 15) is 9.59 Å². The lowest BCUT2D eigenvalue weighted by molar-refractivity contribution is 0.0849. The van der Waals surface area contributed by atoms with Crippen molar-refractivity contribution in [2.75, 3.05) is 19.0 Å². The van der Waals surface area contributed by atoms with Gasteiger partial charge in [0.2, 0.25) is 0 Å². The molecule has 0 saturated carbocycles. The van der Waals surface area contributed by atoms with Crippen molar-refractivity contribution < 1.29 is 9.59 Å². The number of rotatable bonds is 4. The molecule has 0 radical (unpaired) electrons. The molecule has 4 aromatic rings. The van der Waals surface area contributed by atoms with Gasteiger partial charge in [0.15, 0.2) is 0 Å². The molecule has 152 valence electrons. The maximum absolute atomic E-state index is 12.6. The lowest BCUT2D eigenvalue weighted by Gasteiger charge is -2.13. The largest absolute Gasteiger partial charge is 0.378 e. The highest BCUT2D eigenvalue weighted by Gasteiger charge is 2.18. The van der Waals surface area contributed by atoms with Gasteiger partial charge < -0.3 is 4.90 Å². The number of benzene rings is 2. The Balaban J connectivity index is 1.51. The monoisotopic (exact) mass is 419 g/mol. The first-order valence-electron chi connectivity index (χ1n) is 9.36. The molecule has 4 rings (SSSR count). The van der Waals surface area contributed by atoms with E-state index in [1.807, 2.05) is 67.0 Å². The lowest BCUT2D eigenvalue weighted by Crippen LogP contribution is -2.41. The second-order valence-corrected chi connectivity index (χ2v) is 8.05. The van der Waals surface area contributed by atoms with Crippen molar-refractivity contribution in [3.05, 3.63) is 76.8 Å². The van der Waals surface area contributed by atoms with Crippen molar-refractivity contribution in [1.82, 2.24) is 20.6 Å². The van der Waals surface area contributed by atoms with Crippen LogP contribution in [-0.2, 0) is 0 Å². The fourth-order valence-electron chi connectivity index (χ4n) is 3.08. The van der Waals surface area contributed by atoms with E-state index in [1.54, 1.807) is 24.3 Å². The number of carbonyl (C=O) groups is 2. The van der Waals surface area contributed by atoms with Gasteiger partial charge >= 0.3 is 0 Å². The van der Waals surface area contributed by atoms with Crippen LogP contribution in [0.15, 0.2) is 60.7 Å². The number of aromatic nitrogens is 2. The minimum absolute atomic E-state index is 0.368. The van der Waals surface area contributed by atoms with E-state index in [4.69, 9.17) is 0 Å². The zero-order chi connectivity index (χ0) is 21.3. The summed E-state index contributed by atoms with van der Waals surface area (Å²) >= 11 is 1.33. The summed E-state index contributed by atoms with van der Waals surface area (Å²) in [5, 5.41) is 5.49. The second kappa shape index (κ2) is 8.00. The molecule has 0 aliphatic heterocycles. The van der Waals surface area contributed by atoms with Gasteiger partial charge in [0.1, 0.15) is 4.83 Å². The highest BCUT2D eigenvalue weighted by atomic mass is 32.1. The Morgan fingerprint density at radius 3 is 2.43 bits per heavy atom. The number of para-hydroxylation sites is 1. The number of anilines is 1. The Hall–Kier alpha value is -3.65. The van der Waals surface area contributed by atoms with Crippen LogP contribution in [0.3, 0.4) is 0 Å². The summed E-state index contributed by atoms with van der Waals surface area (Å²) < 4.78 is 1.83. The molecule has 2 aromatic heterocycles. The fraction of sp³-hybridized carbons (Fsp3) is 0.136. The molecule has 0 bridgehead atoms. The van der Waals surface area contributed by atoms with E-state index in [2.05, 4.69) is 16.0 Å². The van der Waals surface area contributed by atoms with Crippen LogP contribution in [0.4, 0.5) is 5.69 Å². The summed E-state index contributed by atoms with van der Waals surface area (Å²) in [4.78, 5) is 28.3. The average molecular weight is 420 g/mol. The van der Waals surface area contributed by atoms with Crippen LogP contribution in [0.5, 0.6) is 0 Å². The standard InChI is InChI=1S/C22H21N5O2S/c1-14-18-13-19(30-22(18)27(25-14)16-9-5-4-6-10-16)21(29)24-23-20(28)15-8-7-11-17(12-15)26(2)3/h4-13H,1-3H3,(H,23,28)(H,24,29). The van der Waals surface area contributed by atoms with Gasteiger partial charge in [0.25, 0.3) is 11.8 Å². The van der Waals surface area contributed by atoms with Crippen molar-refractivity contribution in [2.24, 2.45) is 0 Å². The summed E-state index contributed by atoms with van der Waals surface area (Å²) in [6.45, 7) is 1.91. The number of amides is 2. The number of thiophene rings is 1. The molecule has 0 saturated heterocycles. The molecule has 7 nitrogen and oxygen atoms in total. The number of nitrogens with zero attached hydrogens (tertiary/aromatic N) is 3. The number of hydrogen-bond donors (Lipinski definition) is 2. The van der Waals surface area contributed by atoms with Crippen molar-refractivity contribution in [2.45, 2.75) is 6.92 Å². The number of hydrogen-bond acceptors (Lipinski definition) is 5. The van der Waals surface area contributed by atoms with Gasteiger partial charge in [-0.05, 0) is 43.3 Å². The molecule has 0 spiro atoms. The molecule has 0 fully saturated rings. The molecule has 0 aliphatic rings. The lowest BCUT2D eigenvalue weighted by atomic mass is 10.2. The van der Waals surface area contributed by atoms with Crippen LogP contribution < -0.4 is 15.8 Å². The van der Waals surface area contributed by atoms with Gasteiger partial charge in [-0.15, -0.1) is 11.3 Å². The maximum Gasteiger partial charge on any atom is 0.279 e. The fourth-order valence-corrected chi connectivity index (χ4v) is 4.15. The van der Waals surface area contributed by atoms with Gasteiger partial charge in [-0.2, -0.15) is 5.10 Å². The zero-order valence-corrected chi connectivity index (χ0v) is 17.7. The zero-order valence-electron chi connectivity index (χ0n) is 16.8. The Morgan fingerprint density at radius 2 is 1.70 bits per heavy atom. The molecule has 8 heteroatoms. The van der Waals surface area contributed by atoms with E-state index in [0.717, 1.165) is 27.3 Å². The van der Waals surface area contributed by atoms with Crippen LogP contribution in [0.2, 0.25) is 0 Å². The van der Waals surface area contributed by atoms with Crippen LogP contribution in [0.25, 0.3) is 15.9 Å². The first-order chi connectivity index (χ1) is 14.4. The molecule has 30 heavy (non-hydrogen) atoms. The summed E-state index contributed by atoms with van der Waals surface area (Å²) in [6.07, 6.45) is 0. The van der Waals surface area contributed by atoms with Gasteiger partial charge in [-0.25, -0.2) is 4.68 Å². The smallest absolute Gasteiger partial charge is 0.279 e. The third kappa shape index (κ3) is 3.77. The van der Waals surface area contributed by atoms with E-state index < -0.39 is 0 Å². The Morgan fingerprint density at radius 1 is 0.967 bits per heavy atom. The van der Waals surface area contributed by atoms with Gasteiger partial charge in [-0.1, -0.05) is 24.3 Å². The van der Waals surface area contributed by atoms with E-state index in [0.29, 0.717) is 10.4 Å². The molecule has 0 aliphatic carbocycles. The third-order valence-corrected chi connectivity index (χ3v) is 5.79. The number of hydrazine groups is 1. The van der Waals surface area contributed by atoms with Gasteiger partial charge in [-0.3, -0.25) is 20.4 Å². The number of carbonyl (C=O) groups excluding carboxylic acids is 2. The Labute approximate surface area is 177 Å². The molecule has 0 atom stereocenters. The summed E-state index contributed by atoms with van der Waals surface area (Å²) in [5.74, 6) is -0.743. The molecule has 2 aromatic carbocycles. The minimum Gasteiger partial charge on any atom is -0.378 e. The molecular weight excluding hydrogens is 398 g/mol. The van der Waals surface area contributed by atoms with Crippen LogP contribution in [0, 0.1) is 6.92 Å². The predicted octanol–water partition coefficient (Wildman–Crippen LogP) is 3.54. The summed E-state index contributed by atoms with van der Waals surface area (Å²) in [7, 11) is 3.80. The van der Waals surface area contributed by atoms with Gasteiger partial charge in [0.05, 0.1) is 16.3 Å². The molecular formula is C22H21N5O2S. The molecule has 2 amide bonds. The minimum atomic E-state index is -0.375. The van der Waals surface area contributed by atoms with Crippen LogP contribution in [0.1, 0.15) is 25.7 Å². The Kier molecular flexibility index (Phi) is 5.24. The third-order valence-electron chi connectivity index (χ3n) is 4.68. The normalized spacial score (nSPS) is 10.8. The number of fused-ring (bicyclic) bond motifs is 1. The van der Waals surface area contributed by atoms with Crippen molar-refractivity contribution in [3.63, 3.8) is 0 Å². The second-order valence-electron chi connectivity index (χ2n) is 7.02. The van der Waals surface area contributed by atoms with E-state index >= 15 is 0 Å². The average Bonchev–Trinajstić information content (AvgIpc) is 3.33. The SMILES string of the molecule is Cc1nn(-c2ccccc2)c2sc(C(=O)NNC(=O)c3cccc(N(C)C)c3)cc12. The van der Waals surface area contributed by atoms with Crippen molar-refractivity contribution in [3.8, 4) is 5.69 Å². The highest BCUT2D eigenvalue weighted by Crippen LogP contribution is 2.30. The first kappa shape index (κ1) is 19.7. The van der Waals surface area contributed by atoms with E-state index in [-0.39, 0.29) is 11.8 Å². The first-order valence-corrected chi connectivity index (χ1v) is 10.2. The quantitative estimate of drug-likeness (QED) is 0.496. The summed E-state index contributed by atoms with van der Waals surface area (Å²) in [5.41, 5.74) is 8.13. The molecule has 0 unspecified atom stereocenters. The number of nitrogens with one attached hydrogen (secondary N) is 2. The van der Waals surface area contributed by atoms with Gasteiger partial charge in [0, 0.05) is 30.7 Å².